The Labute approximate surface area is 185 Å². The first-order valence-electron chi connectivity index (χ1n) is 10.9. The molecule has 0 radical (unpaired) electrons. The van der Waals surface area contributed by atoms with E-state index in [1.165, 1.54) is 48.6 Å². The zero-order valence-corrected chi connectivity index (χ0v) is 17.4. The van der Waals surface area contributed by atoms with Gasteiger partial charge in [0.1, 0.15) is 0 Å². The van der Waals surface area contributed by atoms with Gasteiger partial charge in [0.05, 0.1) is 16.7 Å². The van der Waals surface area contributed by atoms with Gasteiger partial charge in [0.2, 0.25) is 0 Å². The van der Waals surface area contributed by atoms with E-state index in [1.807, 2.05) is 12.1 Å². The van der Waals surface area contributed by atoms with Crippen molar-refractivity contribution in [2.75, 3.05) is 5.73 Å². The zero-order valence-electron chi connectivity index (χ0n) is 17.4. The number of hydrogen-bond acceptors (Lipinski definition) is 1. The lowest BCUT2D eigenvalue weighted by molar-refractivity contribution is 1.19. The Kier molecular flexibility index (Phi) is 3.45. The number of rotatable bonds is 1. The lowest BCUT2D eigenvalue weighted by Crippen LogP contribution is -1.97. The maximum absolute atomic E-state index is 6.51. The third-order valence-corrected chi connectivity index (χ3v) is 6.71. The van der Waals surface area contributed by atoms with E-state index in [-0.39, 0.29) is 0 Å². The normalized spacial score (nSPS) is 11.9. The lowest BCUT2D eigenvalue weighted by atomic mass is 9.94. The maximum Gasteiger partial charge on any atom is 0.0771 e. The van der Waals surface area contributed by atoms with Crippen LogP contribution in [0.25, 0.3) is 59.8 Å². The van der Waals surface area contributed by atoms with Gasteiger partial charge in [-0.25, -0.2) is 0 Å². The van der Waals surface area contributed by atoms with E-state index in [2.05, 4.69) is 102 Å². The van der Waals surface area contributed by atoms with Crippen molar-refractivity contribution in [1.82, 2.24) is 4.57 Å². The quantitative estimate of drug-likeness (QED) is 0.218. The fourth-order valence-electron chi connectivity index (χ4n) is 5.35. The molecule has 32 heavy (non-hydrogen) atoms. The number of anilines is 1. The molecule has 7 aromatic rings. The summed E-state index contributed by atoms with van der Waals surface area (Å²) < 4.78 is 2.31. The summed E-state index contributed by atoms with van der Waals surface area (Å²) in [6.07, 6.45) is 0. The van der Waals surface area contributed by atoms with Crippen molar-refractivity contribution in [3.63, 3.8) is 0 Å². The third kappa shape index (κ3) is 2.24. The molecule has 6 aromatic carbocycles. The van der Waals surface area contributed by atoms with Gasteiger partial charge < -0.3 is 10.3 Å². The summed E-state index contributed by atoms with van der Waals surface area (Å²) in [5.74, 6) is 0. The molecule has 2 N–H and O–H groups in total. The zero-order chi connectivity index (χ0) is 21.2. The first-order valence-corrected chi connectivity index (χ1v) is 10.9. The van der Waals surface area contributed by atoms with Crippen LogP contribution in [0.5, 0.6) is 0 Å². The molecule has 1 aromatic heterocycles. The van der Waals surface area contributed by atoms with Gasteiger partial charge in [-0.3, -0.25) is 0 Å². The Bertz CT molecular complexity index is 1800. The van der Waals surface area contributed by atoms with Gasteiger partial charge in [-0.15, -0.1) is 0 Å². The molecule has 0 saturated carbocycles. The largest absolute Gasteiger partial charge is 0.397 e. The Hall–Kier alpha value is -4.30. The number of nitrogens with two attached hydrogens (primary N) is 1. The van der Waals surface area contributed by atoms with Crippen molar-refractivity contribution >= 4 is 59.8 Å². The van der Waals surface area contributed by atoms with E-state index in [1.54, 1.807) is 0 Å². The summed E-state index contributed by atoms with van der Waals surface area (Å²) in [5.41, 5.74) is 10.7. The van der Waals surface area contributed by atoms with Crippen LogP contribution in [0.3, 0.4) is 0 Å². The van der Waals surface area contributed by atoms with Crippen LogP contribution in [0.4, 0.5) is 5.69 Å². The molecule has 0 fully saturated rings. The topological polar surface area (TPSA) is 30.9 Å². The van der Waals surface area contributed by atoms with E-state index in [0.717, 1.165) is 16.9 Å². The van der Waals surface area contributed by atoms with Crippen LogP contribution < -0.4 is 5.73 Å². The summed E-state index contributed by atoms with van der Waals surface area (Å²) in [7, 11) is 0. The summed E-state index contributed by atoms with van der Waals surface area (Å²) in [4.78, 5) is 0. The van der Waals surface area contributed by atoms with Crippen molar-refractivity contribution in [1.29, 1.82) is 0 Å². The summed E-state index contributed by atoms with van der Waals surface area (Å²) in [6, 6.07) is 38.9. The SMILES string of the molecule is Nc1cccc2c3ccccc3n(-c3ccc4c5ccccc5c5ccccc5c4c3)c12. The molecular weight excluding hydrogens is 388 g/mol. The Morgan fingerprint density at radius 3 is 1.66 bits per heavy atom. The van der Waals surface area contributed by atoms with Crippen LogP contribution in [0.15, 0.2) is 109 Å². The Morgan fingerprint density at radius 2 is 0.969 bits per heavy atom. The fourth-order valence-corrected chi connectivity index (χ4v) is 5.35. The smallest absolute Gasteiger partial charge is 0.0771 e. The molecule has 0 saturated heterocycles. The fraction of sp³-hybridized carbons (Fsp3) is 0. The van der Waals surface area contributed by atoms with E-state index in [0.29, 0.717) is 0 Å². The van der Waals surface area contributed by atoms with Crippen LogP contribution in [-0.4, -0.2) is 4.57 Å². The van der Waals surface area contributed by atoms with E-state index >= 15 is 0 Å². The molecule has 0 aliphatic rings. The molecule has 150 valence electrons. The highest BCUT2D eigenvalue weighted by molar-refractivity contribution is 6.25. The number of hydrogen-bond donors (Lipinski definition) is 1. The molecule has 0 bridgehead atoms. The molecule has 7 rings (SSSR count). The second-order valence-electron chi connectivity index (χ2n) is 8.42. The van der Waals surface area contributed by atoms with Crippen LogP contribution in [0.1, 0.15) is 0 Å². The van der Waals surface area contributed by atoms with Crippen molar-refractivity contribution < 1.29 is 0 Å². The number of nitrogens with zero attached hydrogens (tertiary/aromatic N) is 1. The predicted molar refractivity (Wildman–Crippen MR) is 138 cm³/mol. The van der Waals surface area contributed by atoms with Gasteiger partial charge in [-0.1, -0.05) is 84.9 Å². The third-order valence-electron chi connectivity index (χ3n) is 6.71. The van der Waals surface area contributed by atoms with Gasteiger partial charge in [-0.05, 0) is 56.6 Å². The van der Waals surface area contributed by atoms with Gasteiger partial charge in [0.15, 0.2) is 0 Å². The molecule has 0 aliphatic carbocycles. The van der Waals surface area contributed by atoms with Gasteiger partial charge in [0, 0.05) is 16.5 Å². The molecule has 1 heterocycles. The van der Waals surface area contributed by atoms with E-state index < -0.39 is 0 Å². The standard InChI is InChI=1S/C30H20N2/c31-28-14-7-13-26-25-12-5-6-15-29(25)32(30(26)28)19-16-17-24-22-10-2-1-8-20(22)21-9-3-4-11-23(21)27(24)18-19/h1-18H,31H2. The van der Waals surface area contributed by atoms with Crippen molar-refractivity contribution in [3.8, 4) is 5.69 Å². The van der Waals surface area contributed by atoms with Gasteiger partial charge in [-0.2, -0.15) is 0 Å². The van der Waals surface area contributed by atoms with Crippen LogP contribution in [0.2, 0.25) is 0 Å². The van der Waals surface area contributed by atoms with E-state index in [9.17, 15) is 0 Å². The lowest BCUT2D eigenvalue weighted by Gasteiger charge is -2.14. The van der Waals surface area contributed by atoms with Crippen molar-refractivity contribution in [3.05, 3.63) is 109 Å². The number of aromatic nitrogens is 1. The second-order valence-corrected chi connectivity index (χ2v) is 8.42. The number of fused-ring (bicyclic) bond motifs is 9. The number of benzene rings is 6. The minimum atomic E-state index is 0.794. The van der Waals surface area contributed by atoms with Crippen LogP contribution in [0, 0.1) is 0 Å². The Morgan fingerprint density at radius 1 is 0.438 bits per heavy atom. The van der Waals surface area contributed by atoms with Gasteiger partial charge >= 0.3 is 0 Å². The van der Waals surface area contributed by atoms with Crippen molar-refractivity contribution in [2.45, 2.75) is 0 Å². The number of para-hydroxylation sites is 2. The maximum atomic E-state index is 6.51. The first kappa shape index (κ1) is 17.4. The molecule has 0 amide bonds. The Balaban J connectivity index is 1.67. The minimum Gasteiger partial charge on any atom is -0.397 e. The average molecular weight is 409 g/mol. The van der Waals surface area contributed by atoms with Gasteiger partial charge in [0.25, 0.3) is 0 Å². The molecular formula is C30H20N2. The minimum absolute atomic E-state index is 0.794. The predicted octanol–water partition coefficient (Wildman–Crippen LogP) is 7.83. The second kappa shape index (κ2) is 6.35. The highest BCUT2D eigenvalue weighted by Gasteiger charge is 2.15. The average Bonchev–Trinajstić information content (AvgIpc) is 3.20. The first-order chi connectivity index (χ1) is 15.8. The molecule has 0 unspecified atom stereocenters. The summed E-state index contributed by atoms with van der Waals surface area (Å²) in [5, 5.41) is 10.1. The monoisotopic (exact) mass is 408 g/mol. The molecule has 0 atom stereocenters. The molecule has 2 heteroatoms. The van der Waals surface area contributed by atoms with E-state index in [4.69, 9.17) is 5.73 Å². The number of nitrogen functional groups attached to an aromatic ring is 1. The van der Waals surface area contributed by atoms with Crippen molar-refractivity contribution in [2.24, 2.45) is 0 Å². The van der Waals surface area contributed by atoms with Crippen LogP contribution >= 0.6 is 0 Å². The molecule has 0 aliphatic heterocycles. The highest BCUT2D eigenvalue weighted by atomic mass is 15.0. The van der Waals surface area contributed by atoms with Crippen LogP contribution in [-0.2, 0) is 0 Å². The highest BCUT2D eigenvalue weighted by Crippen LogP contribution is 2.39. The summed E-state index contributed by atoms with van der Waals surface area (Å²) in [6.45, 7) is 0. The molecule has 2 nitrogen and oxygen atoms in total. The molecule has 0 spiro atoms. The summed E-state index contributed by atoms with van der Waals surface area (Å²) >= 11 is 0.